The average Bonchev–Trinajstić information content (AvgIpc) is 2.46. The number of methoxy groups -OCH3 is 1. The van der Waals surface area contributed by atoms with E-state index in [1.807, 2.05) is 4.90 Å². The first-order valence-electron chi connectivity index (χ1n) is 6.90. The van der Waals surface area contributed by atoms with E-state index in [1.54, 1.807) is 0 Å². The van der Waals surface area contributed by atoms with Crippen molar-refractivity contribution in [3.8, 4) is 0 Å². The number of hydrogen-bond acceptors (Lipinski definition) is 3. The van der Waals surface area contributed by atoms with Gasteiger partial charge in [-0.15, -0.1) is 0 Å². The molecule has 0 aliphatic carbocycles. The Morgan fingerprint density at radius 2 is 1.95 bits per heavy atom. The molecule has 0 N–H and O–H groups in total. The van der Waals surface area contributed by atoms with Crippen LogP contribution >= 0.6 is 0 Å². The Bertz CT molecular complexity index is 485. The predicted octanol–water partition coefficient (Wildman–Crippen LogP) is 3.23. The van der Waals surface area contributed by atoms with Crippen LogP contribution in [0.5, 0.6) is 0 Å². The van der Waals surface area contributed by atoms with Crippen LogP contribution in [-0.4, -0.2) is 30.6 Å². The maximum Gasteiger partial charge on any atom is 0.416 e. The largest absolute Gasteiger partial charge is 0.468 e. The highest BCUT2D eigenvalue weighted by Gasteiger charge is 2.31. The molecular formula is C15H18F3NO2. The zero-order valence-corrected chi connectivity index (χ0v) is 11.8. The summed E-state index contributed by atoms with van der Waals surface area (Å²) in [6.45, 7) is 1.21. The maximum absolute atomic E-state index is 12.5. The maximum atomic E-state index is 12.5. The summed E-state index contributed by atoms with van der Waals surface area (Å²) in [6.07, 6.45) is -1.65. The van der Waals surface area contributed by atoms with E-state index in [9.17, 15) is 18.0 Å². The smallest absolute Gasteiger partial charge is 0.416 e. The van der Waals surface area contributed by atoms with Crippen molar-refractivity contribution < 1.29 is 22.7 Å². The number of benzene rings is 1. The van der Waals surface area contributed by atoms with Gasteiger partial charge in [-0.05, 0) is 37.1 Å². The van der Waals surface area contributed by atoms with Crippen LogP contribution in [0.15, 0.2) is 24.3 Å². The normalized spacial score (nSPS) is 20.3. The molecule has 1 aromatic carbocycles. The summed E-state index contributed by atoms with van der Waals surface area (Å²) in [7, 11) is 1.35. The molecule has 6 heteroatoms. The Balaban J connectivity index is 2.07. The standard InChI is InChI=1S/C15H18F3NO2/c1-21-14(20)13-4-2-3-9-19(13)10-11-5-7-12(8-6-11)15(16,17)18/h5-8,13H,2-4,9-10H2,1H3/t13-/m1/s1. The molecule has 1 fully saturated rings. The van der Waals surface area contributed by atoms with Crippen LogP contribution < -0.4 is 0 Å². The van der Waals surface area contributed by atoms with Gasteiger partial charge in [0.05, 0.1) is 12.7 Å². The van der Waals surface area contributed by atoms with Crippen LogP contribution in [0.3, 0.4) is 0 Å². The van der Waals surface area contributed by atoms with Gasteiger partial charge in [-0.3, -0.25) is 9.69 Å². The lowest BCUT2D eigenvalue weighted by Crippen LogP contribution is -2.44. The van der Waals surface area contributed by atoms with E-state index in [1.165, 1.54) is 19.2 Å². The average molecular weight is 301 g/mol. The van der Waals surface area contributed by atoms with Crippen LogP contribution in [0.1, 0.15) is 30.4 Å². The predicted molar refractivity (Wildman–Crippen MR) is 71.5 cm³/mol. The number of carbonyl (C=O) groups is 1. The molecule has 1 saturated heterocycles. The Hall–Kier alpha value is -1.56. The number of carbonyl (C=O) groups excluding carboxylic acids is 1. The second kappa shape index (κ2) is 6.47. The van der Waals surface area contributed by atoms with Crippen molar-refractivity contribution >= 4 is 5.97 Å². The van der Waals surface area contributed by atoms with Crippen molar-refractivity contribution in [2.75, 3.05) is 13.7 Å². The minimum atomic E-state index is -4.32. The fraction of sp³-hybridized carbons (Fsp3) is 0.533. The monoisotopic (exact) mass is 301 g/mol. The van der Waals surface area contributed by atoms with Crippen molar-refractivity contribution in [2.24, 2.45) is 0 Å². The van der Waals surface area contributed by atoms with Gasteiger partial charge in [0, 0.05) is 6.54 Å². The first-order chi connectivity index (χ1) is 9.91. The molecule has 3 nitrogen and oxygen atoms in total. The molecule has 0 radical (unpaired) electrons. The van der Waals surface area contributed by atoms with Gasteiger partial charge >= 0.3 is 12.1 Å². The van der Waals surface area contributed by atoms with Crippen molar-refractivity contribution in [1.82, 2.24) is 4.90 Å². The highest BCUT2D eigenvalue weighted by molar-refractivity contribution is 5.75. The summed E-state index contributed by atoms with van der Waals surface area (Å²) < 4.78 is 42.4. The molecule has 0 unspecified atom stereocenters. The van der Waals surface area contributed by atoms with E-state index in [-0.39, 0.29) is 12.0 Å². The Kier molecular flexibility index (Phi) is 4.88. The van der Waals surface area contributed by atoms with Gasteiger partial charge in [0.2, 0.25) is 0 Å². The summed E-state index contributed by atoms with van der Waals surface area (Å²) in [5.74, 6) is -0.276. The van der Waals surface area contributed by atoms with Gasteiger partial charge in [-0.1, -0.05) is 18.6 Å². The summed E-state index contributed by atoms with van der Waals surface area (Å²) in [5.41, 5.74) is 0.105. The molecule has 0 saturated carbocycles. The zero-order valence-electron chi connectivity index (χ0n) is 11.8. The van der Waals surface area contributed by atoms with Gasteiger partial charge in [-0.25, -0.2) is 0 Å². The first kappa shape index (κ1) is 15.8. The van der Waals surface area contributed by atoms with E-state index in [0.717, 1.165) is 43.5 Å². The lowest BCUT2D eigenvalue weighted by atomic mass is 10.0. The number of piperidine rings is 1. The third-order valence-electron chi connectivity index (χ3n) is 3.75. The van der Waals surface area contributed by atoms with Gasteiger partial charge in [0.25, 0.3) is 0 Å². The van der Waals surface area contributed by atoms with Crippen LogP contribution in [0.2, 0.25) is 0 Å². The number of hydrogen-bond donors (Lipinski definition) is 0. The van der Waals surface area contributed by atoms with Gasteiger partial charge < -0.3 is 4.74 Å². The molecule has 1 aliphatic heterocycles. The van der Waals surface area contributed by atoms with Gasteiger partial charge in [0.15, 0.2) is 0 Å². The molecule has 1 aliphatic rings. The van der Waals surface area contributed by atoms with Gasteiger partial charge in [0.1, 0.15) is 6.04 Å². The molecule has 1 heterocycles. The number of rotatable bonds is 3. The van der Waals surface area contributed by atoms with Crippen LogP contribution in [0.25, 0.3) is 0 Å². The third kappa shape index (κ3) is 3.97. The molecule has 21 heavy (non-hydrogen) atoms. The Labute approximate surface area is 121 Å². The zero-order chi connectivity index (χ0) is 15.5. The van der Waals surface area contributed by atoms with Crippen molar-refractivity contribution in [3.05, 3.63) is 35.4 Å². The number of ether oxygens (including phenoxy) is 1. The Morgan fingerprint density at radius 3 is 2.52 bits per heavy atom. The lowest BCUT2D eigenvalue weighted by molar-refractivity contribution is -0.148. The SMILES string of the molecule is COC(=O)[C@H]1CCCCN1Cc1ccc(C(F)(F)F)cc1. The van der Waals surface area contributed by atoms with Crippen molar-refractivity contribution in [1.29, 1.82) is 0 Å². The van der Waals surface area contributed by atoms with Crippen LogP contribution in [0.4, 0.5) is 13.2 Å². The van der Waals surface area contributed by atoms with E-state index in [0.29, 0.717) is 6.54 Å². The fourth-order valence-corrected chi connectivity index (χ4v) is 2.62. The molecule has 0 spiro atoms. The summed E-state index contributed by atoms with van der Waals surface area (Å²) in [5, 5.41) is 0. The quantitative estimate of drug-likeness (QED) is 0.803. The molecule has 0 bridgehead atoms. The molecular weight excluding hydrogens is 283 g/mol. The third-order valence-corrected chi connectivity index (χ3v) is 3.75. The van der Waals surface area contributed by atoms with E-state index >= 15 is 0 Å². The minimum absolute atomic E-state index is 0.276. The van der Waals surface area contributed by atoms with Gasteiger partial charge in [-0.2, -0.15) is 13.2 Å². The second-order valence-electron chi connectivity index (χ2n) is 5.20. The molecule has 1 atom stereocenters. The second-order valence-corrected chi connectivity index (χ2v) is 5.20. The molecule has 2 rings (SSSR count). The molecule has 0 amide bonds. The number of alkyl halides is 3. The van der Waals surface area contributed by atoms with E-state index < -0.39 is 11.7 Å². The van der Waals surface area contributed by atoms with Crippen LogP contribution in [-0.2, 0) is 22.3 Å². The fourth-order valence-electron chi connectivity index (χ4n) is 2.62. The molecule has 0 aromatic heterocycles. The number of nitrogens with zero attached hydrogens (tertiary/aromatic N) is 1. The number of halogens is 3. The summed E-state index contributed by atoms with van der Waals surface area (Å²) in [4.78, 5) is 13.7. The molecule has 1 aromatic rings. The Morgan fingerprint density at radius 1 is 1.29 bits per heavy atom. The van der Waals surface area contributed by atoms with E-state index in [2.05, 4.69) is 0 Å². The van der Waals surface area contributed by atoms with Crippen molar-refractivity contribution in [2.45, 2.75) is 38.0 Å². The number of likely N-dealkylation sites (tertiary alicyclic amines) is 1. The minimum Gasteiger partial charge on any atom is -0.468 e. The highest BCUT2D eigenvalue weighted by Crippen LogP contribution is 2.29. The summed E-state index contributed by atoms with van der Waals surface area (Å²) >= 11 is 0. The topological polar surface area (TPSA) is 29.5 Å². The lowest BCUT2D eigenvalue weighted by Gasteiger charge is -2.33. The van der Waals surface area contributed by atoms with E-state index in [4.69, 9.17) is 4.74 Å². The van der Waals surface area contributed by atoms with Crippen LogP contribution in [0, 0.1) is 0 Å². The number of esters is 1. The summed E-state index contributed by atoms with van der Waals surface area (Å²) in [6, 6.07) is 4.78. The molecule has 116 valence electrons. The first-order valence-corrected chi connectivity index (χ1v) is 6.90. The van der Waals surface area contributed by atoms with Crippen molar-refractivity contribution in [3.63, 3.8) is 0 Å². The highest BCUT2D eigenvalue weighted by atomic mass is 19.4.